The first-order valence-electron chi connectivity index (χ1n) is 7.89. The van der Waals surface area contributed by atoms with E-state index in [-0.39, 0.29) is 11.8 Å². The van der Waals surface area contributed by atoms with Crippen LogP contribution in [0.25, 0.3) is 0 Å². The summed E-state index contributed by atoms with van der Waals surface area (Å²) in [6, 6.07) is 12.0. The molecule has 122 valence electrons. The fourth-order valence-corrected chi connectivity index (χ4v) is 2.35. The molecule has 0 fully saturated rings. The van der Waals surface area contributed by atoms with E-state index in [0.29, 0.717) is 18.0 Å². The van der Waals surface area contributed by atoms with Crippen molar-refractivity contribution in [1.29, 1.82) is 0 Å². The summed E-state index contributed by atoms with van der Waals surface area (Å²) in [5, 5.41) is 10.9. The number of ether oxygens (including phenoxy) is 1. The minimum atomic E-state index is -0.174. The number of carbonyl (C=O) groups is 1. The summed E-state index contributed by atoms with van der Waals surface area (Å²) in [6.07, 6.45) is 1.60. The van der Waals surface area contributed by atoms with Crippen LogP contribution in [0.4, 0.5) is 0 Å². The molecule has 2 rings (SSSR count). The maximum Gasteiger partial charge on any atom is 0.256 e. The van der Waals surface area contributed by atoms with E-state index >= 15 is 0 Å². The Kier molecular flexibility index (Phi) is 6.09. The maximum absolute atomic E-state index is 12.4. The van der Waals surface area contributed by atoms with Gasteiger partial charge >= 0.3 is 0 Å². The molecule has 0 radical (unpaired) electrons. The van der Waals surface area contributed by atoms with Crippen molar-refractivity contribution in [3.63, 3.8) is 0 Å². The van der Waals surface area contributed by atoms with E-state index in [0.717, 1.165) is 18.5 Å². The van der Waals surface area contributed by atoms with Gasteiger partial charge in [0.15, 0.2) is 0 Å². The standard InChI is InChI=1S/C18H23N3O2/c1-4-15-12-16(18(23-3)21-20-15)17(22)19-11-10-13(2)14-8-6-5-7-9-14/h5-9,12-13H,4,10-11H2,1-3H3,(H,19,22). The highest BCUT2D eigenvalue weighted by Crippen LogP contribution is 2.18. The van der Waals surface area contributed by atoms with Gasteiger partial charge in [0.2, 0.25) is 5.88 Å². The fraction of sp³-hybridized carbons (Fsp3) is 0.389. The third-order valence-corrected chi connectivity index (χ3v) is 3.84. The van der Waals surface area contributed by atoms with E-state index in [4.69, 9.17) is 4.74 Å². The van der Waals surface area contributed by atoms with Crippen LogP contribution in [0.15, 0.2) is 36.4 Å². The predicted molar refractivity (Wildman–Crippen MR) is 89.8 cm³/mol. The zero-order valence-electron chi connectivity index (χ0n) is 13.9. The van der Waals surface area contributed by atoms with Crippen LogP contribution in [0.3, 0.4) is 0 Å². The lowest BCUT2D eigenvalue weighted by Gasteiger charge is -2.13. The first kappa shape index (κ1) is 16.9. The molecule has 1 heterocycles. The molecule has 1 aromatic carbocycles. The summed E-state index contributed by atoms with van der Waals surface area (Å²) in [6.45, 7) is 4.73. The van der Waals surface area contributed by atoms with Crippen LogP contribution >= 0.6 is 0 Å². The van der Waals surface area contributed by atoms with Gasteiger partial charge in [-0.15, -0.1) is 5.10 Å². The van der Waals surface area contributed by atoms with Gasteiger partial charge in [-0.3, -0.25) is 4.79 Å². The fourth-order valence-electron chi connectivity index (χ4n) is 2.35. The number of amides is 1. The molecule has 2 aromatic rings. The third kappa shape index (κ3) is 4.52. The lowest BCUT2D eigenvalue weighted by atomic mass is 9.98. The van der Waals surface area contributed by atoms with Crippen LogP contribution in [-0.2, 0) is 6.42 Å². The summed E-state index contributed by atoms with van der Waals surface area (Å²) >= 11 is 0. The number of nitrogens with one attached hydrogen (secondary N) is 1. The molecule has 1 atom stereocenters. The van der Waals surface area contributed by atoms with E-state index in [9.17, 15) is 4.79 Å². The van der Waals surface area contributed by atoms with Crippen molar-refractivity contribution in [3.05, 3.63) is 53.2 Å². The zero-order valence-corrected chi connectivity index (χ0v) is 13.9. The van der Waals surface area contributed by atoms with Crippen LogP contribution < -0.4 is 10.1 Å². The van der Waals surface area contributed by atoms with Crippen LogP contribution in [-0.4, -0.2) is 29.8 Å². The van der Waals surface area contributed by atoms with Crippen molar-refractivity contribution in [1.82, 2.24) is 15.5 Å². The Morgan fingerprint density at radius 3 is 2.65 bits per heavy atom. The van der Waals surface area contributed by atoms with Crippen LogP contribution in [0.1, 0.15) is 47.8 Å². The number of rotatable bonds is 7. The van der Waals surface area contributed by atoms with Gasteiger partial charge < -0.3 is 10.1 Å². The van der Waals surface area contributed by atoms with E-state index in [1.54, 1.807) is 6.07 Å². The molecule has 1 amide bonds. The Labute approximate surface area is 137 Å². The monoisotopic (exact) mass is 313 g/mol. The number of nitrogens with zero attached hydrogens (tertiary/aromatic N) is 2. The number of methoxy groups -OCH3 is 1. The van der Waals surface area contributed by atoms with Crippen LogP contribution in [0.5, 0.6) is 5.88 Å². The Bertz CT molecular complexity index is 644. The molecule has 0 spiro atoms. The average molecular weight is 313 g/mol. The van der Waals surface area contributed by atoms with Crippen LogP contribution in [0.2, 0.25) is 0 Å². The summed E-state index contributed by atoms with van der Waals surface area (Å²) in [4.78, 5) is 12.4. The summed E-state index contributed by atoms with van der Waals surface area (Å²) in [5.74, 6) is 0.475. The topological polar surface area (TPSA) is 64.1 Å². The van der Waals surface area contributed by atoms with Gasteiger partial charge in [0.25, 0.3) is 5.91 Å². The predicted octanol–water partition coefficient (Wildman–Crippen LogP) is 2.97. The zero-order chi connectivity index (χ0) is 16.7. The second-order valence-electron chi connectivity index (χ2n) is 5.47. The van der Waals surface area contributed by atoms with Gasteiger partial charge in [-0.05, 0) is 30.4 Å². The quantitative estimate of drug-likeness (QED) is 0.853. The summed E-state index contributed by atoms with van der Waals surface area (Å²) in [5.41, 5.74) is 2.48. The smallest absolute Gasteiger partial charge is 0.256 e. The molecule has 5 nitrogen and oxygen atoms in total. The second-order valence-corrected chi connectivity index (χ2v) is 5.47. The van der Waals surface area contributed by atoms with Gasteiger partial charge in [-0.1, -0.05) is 44.2 Å². The van der Waals surface area contributed by atoms with Gasteiger partial charge in [0.05, 0.1) is 12.8 Å². The summed E-state index contributed by atoms with van der Waals surface area (Å²) < 4.78 is 5.13. The molecule has 1 N–H and O–H groups in total. The molecule has 0 aliphatic carbocycles. The van der Waals surface area contributed by atoms with Gasteiger partial charge in [-0.2, -0.15) is 5.10 Å². The van der Waals surface area contributed by atoms with Gasteiger partial charge in [-0.25, -0.2) is 0 Å². The number of hydrogen-bond donors (Lipinski definition) is 1. The molecule has 1 unspecified atom stereocenters. The first-order valence-corrected chi connectivity index (χ1v) is 7.89. The molecule has 1 aromatic heterocycles. The van der Waals surface area contributed by atoms with E-state index in [1.807, 2.05) is 25.1 Å². The Morgan fingerprint density at radius 2 is 2.00 bits per heavy atom. The molecule has 0 bridgehead atoms. The Balaban J connectivity index is 1.94. The highest BCUT2D eigenvalue weighted by molar-refractivity contribution is 5.96. The van der Waals surface area contributed by atoms with Crippen molar-refractivity contribution in [2.75, 3.05) is 13.7 Å². The normalized spacial score (nSPS) is 11.8. The minimum Gasteiger partial charge on any atom is -0.479 e. The molecular weight excluding hydrogens is 290 g/mol. The van der Waals surface area contributed by atoms with Crippen molar-refractivity contribution < 1.29 is 9.53 Å². The van der Waals surface area contributed by atoms with Crippen molar-refractivity contribution in [2.45, 2.75) is 32.6 Å². The maximum atomic E-state index is 12.4. The Hall–Kier alpha value is -2.43. The molecular formula is C18H23N3O2. The van der Waals surface area contributed by atoms with Crippen molar-refractivity contribution >= 4 is 5.91 Å². The second kappa shape index (κ2) is 8.27. The van der Waals surface area contributed by atoms with E-state index in [1.165, 1.54) is 12.7 Å². The molecule has 5 heteroatoms. The van der Waals surface area contributed by atoms with E-state index in [2.05, 4.69) is 34.6 Å². The minimum absolute atomic E-state index is 0.174. The number of aryl methyl sites for hydroxylation is 1. The van der Waals surface area contributed by atoms with E-state index < -0.39 is 0 Å². The van der Waals surface area contributed by atoms with Gasteiger partial charge in [0, 0.05) is 6.54 Å². The highest BCUT2D eigenvalue weighted by Gasteiger charge is 2.15. The van der Waals surface area contributed by atoms with Crippen molar-refractivity contribution in [3.8, 4) is 5.88 Å². The average Bonchev–Trinajstić information content (AvgIpc) is 2.61. The highest BCUT2D eigenvalue weighted by atomic mass is 16.5. The molecule has 0 aliphatic rings. The first-order chi connectivity index (χ1) is 11.2. The SMILES string of the molecule is CCc1cc(C(=O)NCCC(C)c2ccccc2)c(OC)nn1. The number of hydrogen-bond acceptors (Lipinski definition) is 4. The molecule has 23 heavy (non-hydrogen) atoms. The largest absolute Gasteiger partial charge is 0.479 e. The molecule has 0 saturated heterocycles. The number of benzene rings is 1. The number of carbonyl (C=O) groups excluding carboxylic acids is 1. The number of aromatic nitrogens is 2. The lowest BCUT2D eigenvalue weighted by molar-refractivity contribution is 0.0948. The third-order valence-electron chi connectivity index (χ3n) is 3.84. The lowest BCUT2D eigenvalue weighted by Crippen LogP contribution is -2.26. The molecule has 0 aliphatic heterocycles. The summed E-state index contributed by atoms with van der Waals surface area (Å²) in [7, 11) is 1.49. The Morgan fingerprint density at radius 1 is 1.26 bits per heavy atom. The van der Waals surface area contributed by atoms with Gasteiger partial charge in [0.1, 0.15) is 5.56 Å². The molecule has 0 saturated carbocycles. The van der Waals surface area contributed by atoms with Crippen molar-refractivity contribution in [2.24, 2.45) is 0 Å². The van der Waals surface area contributed by atoms with Crippen LogP contribution in [0, 0.1) is 0 Å².